The molecule has 2 atom stereocenters. The van der Waals surface area contributed by atoms with Gasteiger partial charge in [-0.25, -0.2) is 8.42 Å². The van der Waals surface area contributed by atoms with Crippen molar-refractivity contribution in [3.8, 4) is 0 Å². The van der Waals surface area contributed by atoms with E-state index in [1.165, 1.54) is 0 Å². The molecule has 2 unspecified atom stereocenters. The summed E-state index contributed by atoms with van der Waals surface area (Å²) in [6, 6.07) is 6.07. The highest BCUT2D eigenvalue weighted by atomic mass is 32.2. The van der Waals surface area contributed by atoms with E-state index in [2.05, 4.69) is 24.8 Å². The minimum absolute atomic E-state index is 0.0729. The number of hydrogen-bond donors (Lipinski definition) is 0. The van der Waals surface area contributed by atoms with Crippen LogP contribution in [0.3, 0.4) is 0 Å². The third-order valence-electron chi connectivity index (χ3n) is 4.29. The minimum atomic E-state index is -3.02. The molecule has 0 saturated carbocycles. The zero-order chi connectivity index (χ0) is 16.1. The Morgan fingerprint density at radius 1 is 1.23 bits per heavy atom. The largest absolute Gasteiger partial charge is 0.339 e. The average Bonchev–Trinajstić information content (AvgIpc) is 2.81. The van der Waals surface area contributed by atoms with Crippen molar-refractivity contribution >= 4 is 32.9 Å². The number of aryl methyl sites for hydroxylation is 2. The van der Waals surface area contributed by atoms with Crippen molar-refractivity contribution in [1.29, 1.82) is 0 Å². The second-order valence-corrected chi connectivity index (χ2v) is 8.67. The fourth-order valence-electron chi connectivity index (χ4n) is 3.52. The second kappa shape index (κ2) is 5.35. The van der Waals surface area contributed by atoms with Crippen LogP contribution in [-0.2, 0) is 9.84 Å². The van der Waals surface area contributed by atoms with E-state index in [0.717, 1.165) is 16.8 Å². The van der Waals surface area contributed by atoms with Crippen LogP contribution in [-0.4, -0.2) is 48.6 Å². The molecular weight excluding hydrogens is 316 g/mol. The van der Waals surface area contributed by atoms with Gasteiger partial charge in [0.1, 0.15) is 0 Å². The van der Waals surface area contributed by atoms with Crippen LogP contribution in [0.5, 0.6) is 0 Å². The van der Waals surface area contributed by atoms with E-state index < -0.39 is 9.84 Å². The molecule has 2 aliphatic rings. The summed E-state index contributed by atoms with van der Waals surface area (Å²) in [5, 5.41) is 0.704. The van der Waals surface area contributed by atoms with Gasteiger partial charge in [-0.05, 0) is 49.3 Å². The Kier molecular flexibility index (Phi) is 3.77. The van der Waals surface area contributed by atoms with Crippen LogP contribution >= 0.6 is 12.2 Å². The molecule has 0 amide bonds. The van der Waals surface area contributed by atoms with E-state index in [4.69, 9.17) is 12.2 Å². The van der Waals surface area contributed by atoms with Crippen molar-refractivity contribution in [2.45, 2.75) is 25.9 Å². The monoisotopic (exact) mass is 336 g/mol. The summed E-state index contributed by atoms with van der Waals surface area (Å²) in [5.41, 5.74) is 3.29. The molecule has 0 bridgehead atoms. The molecule has 2 aliphatic heterocycles. The first-order valence-electron chi connectivity index (χ1n) is 7.32. The molecule has 2 fully saturated rings. The minimum Gasteiger partial charge on any atom is -0.339 e. The van der Waals surface area contributed by atoms with Crippen LogP contribution in [0.25, 0.3) is 0 Å². The topological polar surface area (TPSA) is 40.6 Å². The van der Waals surface area contributed by atoms with Gasteiger partial charge in [0.25, 0.3) is 0 Å². The maximum absolute atomic E-state index is 12.1. The lowest BCUT2D eigenvalue weighted by Crippen LogP contribution is -2.37. The average molecular weight is 336 g/mol. The number of sulfone groups is 1. The smallest absolute Gasteiger partial charge is 0.177 e. The molecule has 0 N–H and O–H groups in total. The van der Waals surface area contributed by atoms with E-state index in [0.29, 0.717) is 11.7 Å². The Bertz CT molecular complexity index is 722. The Balaban J connectivity index is 2.06. The van der Waals surface area contributed by atoms with Gasteiger partial charge < -0.3 is 9.80 Å². The Hall–Kier alpha value is -1.40. The van der Waals surface area contributed by atoms with E-state index in [-0.39, 0.29) is 23.6 Å². The van der Waals surface area contributed by atoms with Crippen LogP contribution in [0.15, 0.2) is 30.9 Å². The fourth-order valence-corrected chi connectivity index (χ4v) is 5.92. The summed E-state index contributed by atoms with van der Waals surface area (Å²) < 4.78 is 24.2. The van der Waals surface area contributed by atoms with Gasteiger partial charge in [0, 0.05) is 12.2 Å². The number of thiocarbonyl (C=S) groups is 1. The molecule has 22 heavy (non-hydrogen) atoms. The van der Waals surface area contributed by atoms with Gasteiger partial charge in [-0.1, -0.05) is 12.1 Å². The Labute approximate surface area is 137 Å². The highest BCUT2D eigenvalue weighted by Crippen LogP contribution is 2.35. The van der Waals surface area contributed by atoms with E-state index >= 15 is 0 Å². The maximum atomic E-state index is 12.1. The summed E-state index contributed by atoms with van der Waals surface area (Å²) in [7, 11) is -3.02. The number of benzene rings is 1. The van der Waals surface area contributed by atoms with Crippen molar-refractivity contribution in [2.24, 2.45) is 0 Å². The number of hydrogen-bond acceptors (Lipinski definition) is 3. The van der Waals surface area contributed by atoms with Crippen molar-refractivity contribution in [3.05, 3.63) is 42.0 Å². The van der Waals surface area contributed by atoms with E-state index in [9.17, 15) is 8.42 Å². The summed E-state index contributed by atoms with van der Waals surface area (Å²) in [4.78, 5) is 4.02. The molecule has 6 heteroatoms. The molecule has 0 spiro atoms. The fraction of sp³-hybridized carbons (Fsp3) is 0.438. The summed E-state index contributed by atoms with van der Waals surface area (Å²) in [6.07, 6.45) is 1.78. The summed E-state index contributed by atoms with van der Waals surface area (Å²) >= 11 is 5.63. The summed E-state index contributed by atoms with van der Waals surface area (Å²) in [6.45, 7) is 8.43. The number of anilines is 1. The predicted octanol–water partition coefficient (Wildman–Crippen LogP) is 2.06. The van der Waals surface area contributed by atoms with Gasteiger partial charge in [-0.3, -0.25) is 0 Å². The molecule has 4 nitrogen and oxygen atoms in total. The van der Waals surface area contributed by atoms with Crippen molar-refractivity contribution in [2.75, 3.05) is 23.0 Å². The van der Waals surface area contributed by atoms with Crippen LogP contribution in [0.2, 0.25) is 0 Å². The van der Waals surface area contributed by atoms with Gasteiger partial charge in [0.15, 0.2) is 14.9 Å². The number of rotatable bonds is 3. The Morgan fingerprint density at radius 3 is 2.41 bits per heavy atom. The van der Waals surface area contributed by atoms with E-state index in [1.807, 2.05) is 23.6 Å². The van der Waals surface area contributed by atoms with Crippen molar-refractivity contribution in [3.63, 3.8) is 0 Å². The molecule has 1 aromatic carbocycles. The quantitative estimate of drug-likeness (QED) is 0.624. The van der Waals surface area contributed by atoms with Gasteiger partial charge in [0.05, 0.1) is 23.6 Å². The standard InChI is InChI=1S/C16H20N2O2S2/c1-4-5-17-14-9-22(19,20)10-15(14)18(16(17)21)13-7-11(2)6-12(3)8-13/h4,6-8,14-15H,1,5,9-10H2,2-3H3. The molecule has 0 radical (unpaired) electrons. The Morgan fingerprint density at radius 2 is 1.82 bits per heavy atom. The lowest BCUT2D eigenvalue weighted by molar-refractivity contribution is 0.389. The first-order chi connectivity index (χ1) is 10.3. The zero-order valence-electron chi connectivity index (χ0n) is 12.8. The first kappa shape index (κ1) is 15.5. The zero-order valence-corrected chi connectivity index (χ0v) is 14.5. The molecule has 118 valence electrons. The van der Waals surface area contributed by atoms with Gasteiger partial charge in [-0.2, -0.15) is 0 Å². The van der Waals surface area contributed by atoms with Crippen LogP contribution in [0, 0.1) is 13.8 Å². The first-order valence-corrected chi connectivity index (χ1v) is 9.55. The predicted molar refractivity (Wildman–Crippen MR) is 94.1 cm³/mol. The third kappa shape index (κ3) is 2.54. The normalized spacial score (nSPS) is 26.4. The maximum Gasteiger partial charge on any atom is 0.177 e. The van der Waals surface area contributed by atoms with Crippen molar-refractivity contribution in [1.82, 2.24) is 4.90 Å². The number of nitrogens with zero attached hydrogens (tertiary/aromatic N) is 2. The molecule has 2 saturated heterocycles. The molecular formula is C16H20N2O2S2. The molecule has 3 rings (SSSR count). The van der Waals surface area contributed by atoms with Crippen LogP contribution in [0.4, 0.5) is 5.69 Å². The van der Waals surface area contributed by atoms with Gasteiger partial charge >= 0.3 is 0 Å². The molecule has 0 aliphatic carbocycles. The lowest BCUT2D eigenvalue weighted by Gasteiger charge is -2.25. The van der Waals surface area contributed by atoms with Crippen LogP contribution < -0.4 is 4.90 Å². The number of fused-ring (bicyclic) bond motifs is 1. The highest BCUT2D eigenvalue weighted by Gasteiger charge is 2.51. The van der Waals surface area contributed by atoms with Crippen molar-refractivity contribution < 1.29 is 8.42 Å². The SMILES string of the molecule is C=CCN1C(=S)N(c2cc(C)cc(C)c2)C2CS(=O)(=O)CC21. The van der Waals surface area contributed by atoms with Gasteiger partial charge in [0.2, 0.25) is 0 Å². The summed E-state index contributed by atoms with van der Waals surface area (Å²) in [5.74, 6) is 0.339. The third-order valence-corrected chi connectivity index (χ3v) is 6.42. The second-order valence-electron chi connectivity index (χ2n) is 6.15. The lowest BCUT2D eigenvalue weighted by atomic mass is 10.1. The van der Waals surface area contributed by atoms with E-state index in [1.54, 1.807) is 6.08 Å². The molecule has 1 aromatic rings. The molecule has 2 heterocycles. The molecule has 0 aromatic heterocycles. The van der Waals surface area contributed by atoms with Gasteiger partial charge in [-0.15, -0.1) is 6.58 Å². The highest BCUT2D eigenvalue weighted by molar-refractivity contribution is 7.91. The van der Waals surface area contributed by atoms with Crippen LogP contribution in [0.1, 0.15) is 11.1 Å².